The number of aromatic amines is 1. The summed E-state index contributed by atoms with van der Waals surface area (Å²) in [4.78, 5) is 10.2. The highest BCUT2D eigenvalue weighted by molar-refractivity contribution is 6.34. The van der Waals surface area contributed by atoms with Gasteiger partial charge in [0, 0.05) is 53.5 Å². The summed E-state index contributed by atoms with van der Waals surface area (Å²) >= 11 is 12.1. The molecule has 0 spiro atoms. The van der Waals surface area contributed by atoms with Gasteiger partial charge in [0.15, 0.2) is 0 Å². The van der Waals surface area contributed by atoms with Gasteiger partial charge in [0.25, 0.3) is 0 Å². The molecule has 1 aromatic heterocycles. The monoisotopic (exact) mass is 496 g/mol. The minimum atomic E-state index is -4.34. The summed E-state index contributed by atoms with van der Waals surface area (Å²) < 4.78 is 38.4. The third-order valence-electron chi connectivity index (χ3n) is 5.95. The molecule has 1 saturated heterocycles. The zero-order valence-corrected chi connectivity index (χ0v) is 19.7. The highest BCUT2D eigenvalue weighted by atomic mass is 35.5. The van der Waals surface area contributed by atoms with Gasteiger partial charge in [-0.05, 0) is 55.7 Å². The second kappa shape index (κ2) is 10.1. The van der Waals surface area contributed by atoms with Crippen molar-refractivity contribution in [2.45, 2.75) is 45.1 Å². The topological polar surface area (TPSA) is 44.0 Å². The summed E-state index contributed by atoms with van der Waals surface area (Å²) in [6, 6.07) is 11.1. The van der Waals surface area contributed by atoms with Crippen LogP contribution in [0, 0.1) is 6.92 Å². The summed E-state index contributed by atoms with van der Waals surface area (Å²) in [5, 5.41) is 4.86. The van der Waals surface area contributed by atoms with Gasteiger partial charge in [-0.2, -0.15) is 13.2 Å². The molecule has 0 unspecified atom stereocenters. The van der Waals surface area contributed by atoms with Crippen LogP contribution in [0.3, 0.4) is 0 Å². The normalized spacial score (nSPS) is 15.8. The van der Waals surface area contributed by atoms with Crippen molar-refractivity contribution < 1.29 is 13.2 Å². The number of nitrogens with zero attached hydrogens (tertiary/aromatic N) is 2. The van der Waals surface area contributed by atoms with Gasteiger partial charge >= 0.3 is 6.18 Å². The first-order chi connectivity index (χ1) is 15.7. The lowest BCUT2D eigenvalue weighted by Crippen LogP contribution is -2.42. The molecule has 9 heteroatoms. The third-order valence-corrected chi connectivity index (χ3v) is 6.39. The van der Waals surface area contributed by atoms with Crippen molar-refractivity contribution >= 4 is 23.2 Å². The minimum absolute atomic E-state index is 0.419. The summed E-state index contributed by atoms with van der Waals surface area (Å²) in [7, 11) is 0. The van der Waals surface area contributed by atoms with Crippen molar-refractivity contribution in [3.63, 3.8) is 0 Å². The van der Waals surface area contributed by atoms with E-state index in [2.05, 4.69) is 20.2 Å². The van der Waals surface area contributed by atoms with Crippen LogP contribution < -0.4 is 5.32 Å². The van der Waals surface area contributed by atoms with Crippen LogP contribution in [0.2, 0.25) is 10.0 Å². The summed E-state index contributed by atoms with van der Waals surface area (Å²) in [6.07, 6.45) is -2.31. The molecule has 1 aliphatic heterocycles. The van der Waals surface area contributed by atoms with Gasteiger partial charge in [-0.1, -0.05) is 35.3 Å². The van der Waals surface area contributed by atoms with Gasteiger partial charge in [-0.3, -0.25) is 4.90 Å². The lowest BCUT2D eigenvalue weighted by Gasteiger charge is -2.32. The van der Waals surface area contributed by atoms with Gasteiger partial charge in [-0.25, -0.2) is 4.98 Å². The molecule has 0 atom stereocenters. The van der Waals surface area contributed by atoms with Gasteiger partial charge in [0.2, 0.25) is 0 Å². The summed E-state index contributed by atoms with van der Waals surface area (Å²) in [5.41, 5.74) is 2.90. The molecule has 2 heterocycles. The fourth-order valence-corrected chi connectivity index (χ4v) is 4.66. The number of benzene rings is 2. The Morgan fingerprint density at radius 2 is 1.70 bits per heavy atom. The summed E-state index contributed by atoms with van der Waals surface area (Å²) in [5.74, 6) is 0.591. The van der Waals surface area contributed by atoms with Crippen molar-refractivity contribution in [1.29, 1.82) is 0 Å². The Labute approximate surface area is 201 Å². The fourth-order valence-electron chi connectivity index (χ4n) is 4.09. The largest absolute Gasteiger partial charge is 0.416 e. The number of nitrogens with one attached hydrogen (secondary N) is 2. The van der Waals surface area contributed by atoms with E-state index >= 15 is 0 Å². The van der Waals surface area contributed by atoms with Crippen LogP contribution >= 0.6 is 23.2 Å². The number of piperidine rings is 1. The second-order valence-corrected chi connectivity index (χ2v) is 9.31. The summed E-state index contributed by atoms with van der Waals surface area (Å²) in [6.45, 7) is 5.26. The van der Waals surface area contributed by atoms with Gasteiger partial charge in [0.1, 0.15) is 5.82 Å². The number of H-pyrrole nitrogens is 1. The Morgan fingerprint density at radius 3 is 2.30 bits per heavy atom. The Hall–Kier alpha value is -2.06. The zero-order valence-electron chi connectivity index (χ0n) is 18.1. The van der Waals surface area contributed by atoms with Crippen molar-refractivity contribution in [3.05, 3.63) is 75.0 Å². The van der Waals surface area contributed by atoms with E-state index in [1.165, 1.54) is 12.1 Å². The quantitative estimate of drug-likeness (QED) is 0.411. The predicted molar refractivity (Wildman–Crippen MR) is 125 cm³/mol. The number of halogens is 5. The molecule has 33 heavy (non-hydrogen) atoms. The fraction of sp³-hybridized carbons (Fsp3) is 0.375. The van der Waals surface area contributed by atoms with Crippen LogP contribution in [0.5, 0.6) is 0 Å². The Bertz CT molecular complexity index is 1070. The third kappa shape index (κ3) is 6.29. The van der Waals surface area contributed by atoms with Crippen LogP contribution in [0.15, 0.2) is 42.5 Å². The lowest BCUT2D eigenvalue weighted by atomic mass is 10.0. The number of aromatic nitrogens is 2. The zero-order chi connectivity index (χ0) is 23.6. The maximum Gasteiger partial charge on any atom is 0.416 e. The number of rotatable bonds is 6. The molecule has 0 amide bonds. The molecule has 4 rings (SSSR count). The van der Waals surface area contributed by atoms with Crippen LogP contribution in [-0.4, -0.2) is 34.0 Å². The maximum atomic E-state index is 12.8. The van der Waals surface area contributed by atoms with Crippen LogP contribution in [-0.2, 0) is 19.3 Å². The van der Waals surface area contributed by atoms with E-state index in [-0.39, 0.29) is 0 Å². The van der Waals surface area contributed by atoms with E-state index in [1.54, 1.807) is 6.07 Å². The number of hydrogen-bond acceptors (Lipinski definition) is 3. The average molecular weight is 497 g/mol. The Kier molecular flexibility index (Phi) is 7.34. The van der Waals surface area contributed by atoms with E-state index in [0.717, 1.165) is 61.6 Å². The van der Waals surface area contributed by atoms with Crippen LogP contribution in [0.1, 0.15) is 35.4 Å². The maximum absolute atomic E-state index is 12.8. The molecule has 0 bridgehead atoms. The molecule has 4 nitrogen and oxygen atoms in total. The Morgan fingerprint density at radius 1 is 1.06 bits per heavy atom. The smallest absolute Gasteiger partial charge is 0.342 e. The molecule has 0 aliphatic carbocycles. The van der Waals surface area contributed by atoms with Crippen LogP contribution in [0.25, 0.3) is 11.4 Å². The molecule has 176 valence electrons. The Balaban J connectivity index is 1.30. The molecule has 1 aliphatic rings. The van der Waals surface area contributed by atoms with Gasteiger partial charge in [-0.15, -0.1) is 0 Å². The first-order valence-corrected chi connectivity index (χ1v) is 11.6. The lowest BCUT2D eigenvalue weighted by molar-refractivity contribution is -0.137. The molecule has 0 saturated carbocycles. The van der Waals surface area contributed by atoms with Crippen LogP contribution in [0.4, 0.5) is 13.2 Å². The standard InChI is InChI=1S/C24H25Cl2F3N4/c1-15-22(32-23(31-15)17-2-4-18(5-3-17)24(27,28)29)14-33-8-6-21(7-9-33)30-13-16-10-19(25)12-20(26)11-16/h2-5,10-12,21,30H,6-9,13-14H2,1H3,(H,31,32). The predicted octanol–water partition coefficient (Wildman–Crippen LogP) is 6.46. The number of imidazole rings is 1. The second-order valence-electron chi connectivity index (χ2n) is 8.44. The molecule has 2 aromatic carbocycles. The molecular formula is C24H25Cl2F3N4. The highest BCUT2D eigenvalue weighted by Gasteiger charge is 2.30. The van der Waals surface area contributed by atoms with Crippen molar-refractivity contribution in [3.8, 4) is 11.4 Å². The van der Waals surface area contributed by atoms with Crippen molar-refractivity contribution in [2.24, 2.45) is 0 Å². The number of aryl methyl sites for hydroxylation is 1. The average Bonchev–Trinajstić information content (AvgIpc) is 3.12. The van der Waals surface area contributed by atoms with Crippen molar-refractivity contribution in [1.82, 2.24) is 20.2 Å². The van der Waals surface area contributed by atoms with E-state index < -0.39 is 11.7 Å². The molecule has 2 N–H and O–H groups in total. The molecule has 0 radical (unpaired) electrons. The van der Waals surface area contributed by atoms with Crippen molar-refractivity contribution in [2.75, 3.05) is 13.1 Å². The highest BCUT2D eigenvalue weighted by Crippen LogP contribution is 2.30. The molecule has 3 aromatic rings. The number of likely N-dealkylation sites (tertiary alicyclic amines) is 1. The van der Waals surface area contributed by atoms with E-state index in [0.29, 0.717) is 34.0 Å². The molecular weight excluding hydrogens is 472 g/mol. The number of hydrogen-bond donors (Lipinski definition) is 2. The van der Waals surface area contributed by atoms with E-state index in [9.17, 15) is 13.2 Å². The van der Waals surface area contributed by atoms with Gasteiger partial charge in [0.05, 0.1) is 11.3 Å². The molecule has 1 fully saturated rings. The SMILES string of the molecule is Cc1[nH]c(-c2ccc(C(F)(F)F)cc2)nc1CN1CCC(NCc2cc(Cl)cc(Cl)c2)CC1. The van der Waals surface area contributed by atoms with E-state index in [4.69, 9.17) is 23.2 Å². The first kappa shape index (κ1) is 24.1. The first-order valence-electron chi connectivity index (χ1n) is 10.8. The minimum Gasteiger partial charge on any atom is -0.342 e. The van der Waals surface area contributed by atoms with E-state index in [1.807, 2.05) is 19.1 Å². The van der Waals surface area contributed by atoms with Gasteiger partial charge < -0.3 is 10.3 Å². The number of alkyl halides is 3.